The standard InChI is InChI=1S/C11H10BNO2/c14-12(11-8-4-5-9-13-11)15-10-6-2-1-3-7-10/h1-9,14H. The molecule has 0 amide bonds. The first kappa shape index (κ1) is 9.74. The normalized spacial score (nSPS) is 9.67. The Morgan fingerprint density at radius 1 is 1.00 bits per heavy atom. The molecule has 1 N–H and O–H groups in total. The van der Waals surface area contributed by atoms with Crippen molar-refractivity contribution in [2.45, 2.75) is 0 Å². The molecule has 0 saturated heterocycles. The van der Waals surface area contributed by atoms with Gasteiger partial charge in [0.15, 0.2) is 0 Å². The van der Waals surface area contributed by atoms with Crippen LogP contribution in [-0.4, -0.2) is 17.1 Å². The Morgan fingerprint density at radius 3 is 2.40 bits per heavy atom. The summed E-state index contributed by atoms with van der Waals surface area (Å²) >= 11 is 0. The van der Waals surface area contributed by atoms with Crippen molar-refractivity contribution in [3.63, 3.8) is 0 Å². The highest BCUT2D eigenvalue weighted by Gasteiger charge is 2.19. The van der Waals surface area contributed by atoms with E-state index in [9.17, 15) is 5.02 Å². The first-order chi connectivity index (χ1) is 7.36. The fourth-order valence-electron chi connectivity index (χ4n) is 1.21. The lowest BCUT2D eigenvalue weighted by molar-refractivity contribution is 0.431. The summed E-state index contributed by atoms with van der Waals surface area (Å²) in [5.74, 6) is 0.621. The zero-order chi connectivity index (χ0) is 10.5. The van der Waals surface area contributed by atoms with Gasteiger partial charge >= 0.3 is 7.12 Å². The van der Waals surface area contributed by atoms with Crippen molar-refractivity contribution in [3.8, 4) is 5.75 Å². The molecule has 0 aliphatic heterocycles. The average molecular weight is 199 g/mol. The highest BCUT2D eigenvalue weighted by atomic mass is 16.5. The Morgan fingerprint density at radius 2 is 1.73 bits per heavy atom. The maximum Gasteiger partial charge on any atom is 0.579 e. The number of benzene rings is 1. The zero-order valence-corrected chi connectivity index (χ0v) is 8.08. The van der Waals surface area contributed by atoms with Gasteiger partial charge in [0, 0.05) is 6.20 Å². The van der Waals surface area contributed by atoms with E-state index in [-0.39, 0.29) is 0 Å². The van der Waals surface area contributed by atoms with Crippen molar-refractivity contribution < 1.29 is 9.68 Å². The van der Waals surface area contributed by atoms with Crippen LogP contribution in [0.4, 0.5) is 0 Å². The molecular weight excluding hydrogens is 189 g/mol. The summed E-state index contributed by atoms with van der Waals surface area (Å²) < 4.78 is 5.29. The van der Waals surface area contributed by atoms with E-state index in [2.05, 4.69) is 4.98 Å². The molecule has 15 heavy (non-hydrogen) atoms. The summed E-state index contributed by atoms with van der Waals surface area (Å²) in [6.07, 6.45) is 1.62. The number of aromatic nitrogens is 1. The summed E-state index contributed by atoms with van der Waals surface area (Å²) in [7, 11) is -1.02. The summed E-state index contributed by atoms with van der Waals surface area (Å²) in [6.45, 7) is 0. The molecule has 0 aliphatic rings. The molecule has 0 spiro atoms. The van der Waals surface area contributed by atoms with Crippen LogP contribution in [0.25, 0.3) is 0 Å². The van der Waals surface area contributed by atoms with Gasteiger partial charge in [-0.3, -0.25) is 4.98 Å². The number of nitrogens with zero attached hydrogens (tertiary/aromatic N) is 1. The fraction of sp³-hybridized carbons (Fsp3) is 0. The van der Waals surface area contributed by atoms with E-state index in [0.29, 0.717) is 11.3 Å². The molecule has 1 aromatic carbocycles. The molecule has 2 aromatic rings. The molecule has 0 aliphatic carbocycles. The fourth-order valence-corrected chi connectivity index (χ4v) is 1.21. The number of para-hydroxylation sites is 1. The van der Waals surface area contributed by atoms with Crippen LogP contribution >= 0.6 is 0 Å². The zero-order valence-electron chi connectivity index (χ0n) is 8.08. The van der Waals surface area contributed by atoms with Crippen molar-refractivity contribution in [2.75, 3.05) is 0 Å². The highest BCUT2D eigenvalue weighted by molar-refractivity contribution is 6.59. The van der Waals surface area contributed by atoms with E-state index in [1.807, 2.05) is 18.2 Å². The maximum atomic E-state index is 9.69. The molecule has 74 valence electrons. The van der Waals surface area contributed by atoms with Crippen molar-refractivity contribution >= 4 is 12.7 Å². The molecule has 0 atom stereocenters. The van der Waals surface area contributed by atoms with Crippen LogP contribution in [0.3, 0.4) is 0 Å². The lowest BCUT2D eigenvalue weighted by Crippen LogP contribution is -2.38. The smallest absolute Gasteiger partial charge is 0.531 e. The third-order valence-electron chi connectivity index (χ3n) is 1.93. The molecule has 3 nitrogen and oxygen atoms in total. The number of hydrogen-bond acceptors (Lipinski definition) is 3. The molecular formula is C11H10BNO2. The lowest BCUT2D eigenvalue weighted by Gasteiger charge is -2.08. The first-order valence-corrected chi connectivity index (χ1v) is 4.67. The molecule has 1 heterocycles. The second kappa shape index (κ2) is 4.62. The Balaban J connectivity index is 2.08. The van der Waals surface area contributed by atoms with Gasteiger partial charge < -0.3 is 9.68 Å². The van der Waals surface area contributed by atoms with Crippen LogP contribution in [0.1, 0.15) is 0 Å². The number of rotatable bonds is 3. The minimum Gasteiger partial charge on any atom is -0.531 e. The van der Waals surface area contributed by atoms with Crippen LogP contribution < -0.4 is 10.2 Å². The Bertz CT molecular complexity index is 407. The van der Waals surface area contributed by atoms with E-state index in [0.717, 1.165) is 0 Å². The van der Waals surface area contributed by atoms with Crippen LogP contribution in [0.2, 0.25) is 0 Å². The van der Waals surface area contributed by atoms with Crippen molar-refractivity contribution in [1.29, 1.82) is 0 Å². The van der Waals surface area contributed by atoms with Gasteiger partial charge in [-0.25, -0.2) is 0 Å². The molecule has 0 saturated carbocycles. The SMILES string of the molecule is OB(Oc1ccccc1)c1ccccn1. The van der Waals surface area contributed by atoms with Crippen LogP contribution in [0, 0.1) is 0 Å². The molecule has 0 fully saturated rings. The molecule has 0 unspecified atom stereocenters. The summed E-state index contributed by atoms with van der Waals surface area (Å²) in [5.41, 5.74) is 0.501. The molecule has 1 aromatic heterocycles. The van der Waals surface area contributed by atoms with Crippen molar-refractivity contribution in [2.24, 2.45) is 0 Å². The molecule has 0 bridgehead atoms. The van der Waals surface area contributed by atoms with E-state index in [4.69, 9.17) is 4.65 Å². The first-order valence-electron chi connectivity index (χ1n) is 4.67. The topological polar surface area (TPSA) is 42.4 Å². The van der Waals surface area contributed by atoms with Gasteiger partial charge in [0.2, 0.25) is 0 Å². The predicted molar refractivity (Wildman–Crippen MR) is 58.9 cm³/mol. The van der Waals surface area contributed by atoms with E-state index in [1.165, 1.54) is 0 Å². The van der Waals surface area contributed by atoms with Crippen molar-refractivity contribution in [1.82, 2.24) is 4.98 Å². The summed E-state index contributed by atoms with van der Waals surface area (Å²) in [4.78, 5) is 4.00. The minimum atomic E-state index is -1.02. The van der Waals surface area contributed by atoms with Gasteiger partial charge in [-0.15, -0.1) is 0 Å². The highest BCUT2D eigenvalue weighted by Crippen LogP contribution is 2.08. The molecule has 0 radical (unpaired) electrons. The van der Waals surface area contributed by atoms with Crippen LogP contribution in [-0.2, 0) is 0 Å². The second-order valence-corrected chi connectivity index (χ2v) is 3.04. The predicted octanol–water partition coefficient (Wildman–Crippen LogP) is 0.848. The van der Waals surface area contributed by atoms with Crippen LogP contribution in [0.15, 0.2) is 54.7 Å². The third-order valence-corrected chi connectivity index (χ3v) is 1.93. The molecule has 4 heteroatoms. The van der Waals surface area contributed by atoms with Crippen molar-refractivity contribution in [3.05, 3.63) is 54.7 Å². The Hall–Kier alpha value is -1.81. The third kappa shape index (κ3) is 2.57. The monoisotopic (exact) mass is 199 g/mol. The van der Waals surface area contributed by atoms with Gasteiger partial charge in [0.25, 0.3) is 0 Å². The summed E-state index contributed by atoms with van der Waals surface area (Å²) in [6, 6.07) is 14.5. The van der Waals surface area contributed by atoms with Gasteiger partial charge in [-0.05, 0) is 24.3 Å². The summed E-state index contributed by atoms with van der Waals surface area (Å²) in [5, 5.41) is 9.69. The molecule has 2 rings (SSSR count). The van der Waals surface area contributed by atoms with Gasteiger partial charge in [0.1, 0.15) is 5.75 Å². The van der Waals surface area contributed by atoms with Gasteiger partial charge in [-0.2, -0.15) is 0 Å². The largest absolute Gasteiger partial charge is 0.579 e. The quantitative estimate of drug-likeness (QED) is 0.745. The Labute approximate surface area is 88.5 Å². The average Bonchev–Trinajstić information content (AvgIpc) is 2.31. The lowest BCUT2D eigenvalue weighted by atomic mass is 9.84. The van der Waals surface area contributed by atoms with E-state index < -0.39 is 7.12 Å². The van der Waals surface area contributed by atoms with Crippen LogP contribution in [0.5, 0.6) is 5.75 Å². The minimum absolute atomic E-state index is 0.501. The number of hydrogen-bond donors (Lipinski definition) is 1. The Kier molecular flexibility index (Phi) is 3.00. The van der Waals surface area contributed by atoms with E-state index in [1.54, 1.807) is 36.5 Å². The van der Waals surface area contributed by atoms with Gasteiger partial charge in [-0.1, -0.05) is 24.3 Å². The number of pyridine rings is 1. The van der Waals surface area contributed by atoms with E-state index >= 15 is 0 Å². The van der Waals surface area contributed by atoms with Gasteiger partial charge in [0.05, 0.1) is 5.59 Å². The maximum absolute atomic E-state index is 9.69. The second-order valence-electron chi connectivity index (χ2n) is 3.04.